The van der Waals surface area contributed by atoms with Gasteiger partial charge in [-0.3, -0.25) is 20.2 Å². The highest BCUT2D eigenvalue weighted by Crippen LogP contribution is 2.24. The van der Waals surface area contributed by atoms with Crippen molar-refractivity contribution in [2.24, 2.45) is 0 Å². The molecule has 0 radical (unpaired) electrons. The van der Waals surface area contributed by atoms with Crippen molar-refractivity contribution in [2.75, 3.05) is 5.32 Å². The molecule has 1 heterocycles. The molecule has 3 aromatic rings. The lowest BCUT2D eigenvalue weighted by atomic mass is 10.1. The summed E-state index contributed by atoms with van der Waals surface area (Å²) in [6.45, 7) is 1.80. The van der Waals surface area contributed by atoms with Crippen molar-refractivity contribution in [3.8, 4) is 0 Å². The normalized spacial score (nSPS) is 10.4. The van der Waals surface area contributed by atoms with Gasteiger partial charge in [0, 0.05) is 28.8 Å². The van der Waals surface area contributed by atoms with E-state index in [4.69, 9.17) is 16.6 Å². The largest absolute Gasteiger partial charge is 0.451 e. The molecule has 0 atom stereocenters. The number of carbonyl (C=O) groups excluding carboxylic acids is 1. The van der Waals surface area contributed by atoms with Crippen LogP contribution in [0.3, 0.4) is 0 Å². The van der Waals surface area contributed by atoms with Gasteiger partial charge in [0.1, 0.15) is 5.58 Å². The monoisotopic (exact) mass is 355 g/mol. The van der Waals surface area contributed by atoms with Crippen molar-refractivity contribution in [3.63, 3.8) is 0 Å². The van der Waals surface area contributed by atoms with Gasteiger partial charge in [-0.05, 0) is 37.3 Å². The molecule has 126 valence electrons. The first kappa shape index (κ1) is 16.6. The number of benzene rings is 2. The standard InChI is InChI=1S/C17H13N3O4S/c1-10-13-4-2-3-5-14(13)24-15(10)16(21)19-17(25)18-11-6-8-12(9-7-11)20(22)23/h2-9H,1H3,(H2,18,19,21,25). The molecule has 2 aromatic carbocycles. The van der Waals surface area contributed by atoms with Gasteiger partial charge in [0.2, 0.25) is 0 Å². The van der Waals surface area contributed by atoms with Crippen LogP contribution in [-0.2, 0) is 0 Å². The number of hydrogen-bond donors (Lipinski definition) is 2. The molecule has 0 aliphatic carbocycles. The van der Waals surface area contributed by atoms with E-state index in [1.807, 2.05) is 18.2 Å². The van der Waals surface area contributed by atoms with Gasteiger partial charge in [0.25, 0.3) is 11.6 Å². The number of aryl methyl sites for hydroxylation is 1. The Morgan fingerprint density at radius 3 is 2.48 bits per heavy atom. The van der Waals surface area contributed by atoms with Crippen LogP contribution in [0.2, 0.25) is 0 Å². The van der Waals surface area contributed by atoms with Gasteiger partial charge in [-0.25, -0.2) is 0 Å². The van der Waals surface area contributed by atoms with Crippen molar-refractivity contribution in [2.45, 2.75) is 6.92 Å². The molecule has 0 spiro atoms. The third-order valence-corrected chi connectivity index (χ3v) is 3.82. The van der Waals surface area contributed by atoms with Crippen molar-refractivity contribution in [3.05, 3.63) is 70.0 Å². The molecule has 0 saturated heterocycles. The zero-order chi connectivity index (χ0) is 18.0. The number of thiocarbonyl (C=S) groups is 1. The van der Waals surface area contributed by atoms with E-state index in [0.29, 0.717) is 11.3 Å². The van der Waals surface area contributed by atoms with Crippen LogP contribution >= 0.6 is 12.2 Å². The number of nitrogens with zero attached hydrogens (tertiary/aromatic N) is 1. The Bertz CT molecular complexity index is 979. The molecule has 3 rings (SSSR count). The predicted octanol–water partition coefficient (Wildman–Crippen LogP) is 3.78. The van der Waals surface area contributed by atoms with Gasteiger partial charge in [-0.2, -0.15) is 0 Å². The molecule has 0 saturated carbocycles. The Morgan fingerprint density at radius 1 is 1.16 bits per heavy atom. The average molecular weight is 355 g/mol. The highest BCUT2D eigenvalue weighted by atomic mass is 32.1. The molecule has 0 bridgehead atoms. The highest BCUT2D eigenvalue weighted by Gasteiger charge is 2.18. The fourth-order valence-corrected chi connectivity index (χ4v) is 2.59. The second-order valence-electron chi connectivity index (χ2n) is 5.26. The molecule has 0 fully saturated rings. The van der Waals surface area contributed by atoms with E-state index in [0.717, 1.165) is 10.9 Å². The Labute approximate surface area is 147 Å². The summed E-state index contributed by atoms with van der Waals surface area (Å²) in [6.07, 6.45) is 0. The summed E-state index contributed by atoms with van der Waals surface area (Å²) >= 11 is 5.10. The van der Waals surface area contributed by atoms with E-state index >= 15 is 0 Å². The third kappa shape index (κ3) is 3.48. The molecule has 7 nitrogen and oxygen atoms in total. The minimum Gasteiger partial charge on any atom is -0.451 e. The Kier molecular flexibility index (Phi) is 4.44. The predicted molar refractivity (Wildman–Crippen MR) is 97.7 cm³/mol. The first-order valence-corrected chi connectivity index (χ1v) is 7.71. The summed E-state index contributed by atoms with van der Waals surface area (Å²) in [7, 11) is 0. The maximum absolute atomic E-state index is 12.4. The third-order valence-electron chi connectivity index (χ3n) is 3.61. The quantitative estimate of drug-likeness (QED) is 0.422. The number of anilines is 1. The number of hydrogen-bond acceptors (Lipinski definition) is 5. The number of nitro groups is 1. The summed E-state index contributed by atoms with van der Waals surface area (Å²) in [5, 5.41) is 16.9. The number of non-ortho nitro benzene ring substituents is 1. The van der Waals surface area contributed by atoms with Crippen LogP contribution in [0.15, 0.2) is 52.9 Å². The number of carbonyl (C=O) groups is 1. The van der Waals surface area contributed by atoms with Gasteiger partial charge in [-0.1, -0.05) is 18.2 Å². The van der Waals surface area contributed by atoms with E-state index < -0.39 is 10.8 Å². The number of rotatable bonds is 3. The molecular weight excluding hydrogens is 342 g/mol. The number of para-hydroxylation sites is 1. The smallest absolute Gasteiger partial charge is 0.293 e. The second-order valence-corrected chi connectivity index (χ2v) is 5.67. The fraction of sp³-hybridized carbons (Fsp3) is 0.0588. The number of nitro benzene ring substituents is 1. The summed E-state index contributed by atoms with van der Waals surface area (Å²) in [6, 6.07) is 13.0. The fourth-order valence-electron chi connectivity index (χ4n) is 2.38. The zero-order valence-corrected chi connectivity index (χ0v) is 13.9. The van der Waals surface area contributed by atoms with Gasteiger partial charge in [0.15, 0.2) is 10.9 Å². The van der Waals surface area contributed by atoms with Crippen LogP contribution in [0.4, 0.5) is 11.4 Å². The van der Waals surface area contributed by atoms with Crippen molar-refractivity contribution in [1.82, 2.24) is 5.32 Å². The van der Waals surface area contributed by atoms with Crippen molar-refractivity contribution < 1.29 is 14.1 Å². The SMILES string of the molecule is Cc1c(C(=O)NC(=S)Nc2ccc([N+](=O)[O-])cc2)oc2ccccc12. The molecule has 0 aliphatic heterocycles. The van der Waals surface area contributed by atoms with Gasteiger partial charge >= 0.3 is 0 Å². The Balaban J connectivity index is 1.70. The van der Waals surface area contributed by atoms with Crippen LogP contribution in [0.1, 0.15) is 16.1 Å². The van der Waals surface area contributed by atoms with Gasteiger partial charge in [0.05, 0.1) is 4.92 Å². The molecule has 8 heteroatoms. The Morgan fingerprint density at radius 2 is 1.84 bits per heavy atom. The van der Waals surface area contributed by atoms with Crippen LogP contribution in [0, 0.1) is 17.0 Å². The number of amides is 1. The van der Waals surface area contributed by atoms with Crippen molar-refractivity contribution >= 4 is 45.6 Å². The van der Waals surface area contributed by atoms with Crippen LogP contribution in [0.5, 0.6) is 0 Å². The maximum atomic E-state index is 12.4. The summed E-state index contributed by atoms with van der Waals surface area (Å²) < 4.78 is 5.58. The molecular formula is C17H13N3O4S. The Hall–Kier alpha value is -3.26. The lowest BCUT2D eigenvalue weighted by Crippen LogP contribution is -2.34. The molecule has 1 amide bonds. The van der Waals surface area contributed by atoms with Crippen LogP contribution < -0.4 is 10.6 Å². The first-order valence-electron chi connectivity index (χ1n) is 7.30. The molecule has 1 aromatic heterocycles. The zero-order valence-electron chi connectivity index (χ0n) is 13.1. The molecule has 0 unspecified atom stereocenters. The number of fused-ring (bicyclic) bond motifs is 1. The molecule has 0 aliphatic rings. The van der Waals surface area contributed by atoms with Gasteiger partial charge in [-0.15, -0.1) is 0 Å². The highest BCUT2D eigenvalue weighted by molar-refractivity contribution is 7.80. The van der Waals surface area contributed by atoms with Crippen molar-refractivity contribution in [1.29, 1.82) is 0 Å². The van der Waals surface area contributed by atoms with E-state index in [9.17, 15) is 14.9 Å². The van der Waals surface area contributed by atoms with E-state index in [2.05, 4.69) is 10.6 Å². The lowest BCUT2D eigenvalue weighted by molar-refractivity contribution is -0.384. The first-order chi connectivity index (χ1) is 12.0. The molecule has 25 heavy (non-hydrogen) atoms. The topological polar surface area (TPSA) is 97.4 Å². The minimum absolute atomic E-state index is 0.0293. The number of furan rings is 1. The average Bonchev–Trinajstić information content (AvgIpc) is 2.92. The van der Waals surface area contributed by atoms with E-state index in [1.165, 1.54) is 24.3 Å². The minimum atomic E-state index is -0.492. The number of nitrogens with one attached hydrogen (secondary N) is 2. The molecule has 2 N–H and O–H groups in total. The van der Waals surface area contributed by atoms with E-state index in [-0.39, 0.29) is 16.6 Å². The van der Waals surface area contributed by atoms with Crippen LogP contribution in [-0.4, -0.2) is 15.9 Å². The summed E-state index contributed by atoms with van der Waals surface area (Å²) in [5.74, 6) is -0.276. The summed E-state index contributed by atoms with van der Waals surface area (Å²) in [4.78, 5) is 22.5. The summed E-state index contributed by atoms with van der Waals surface area (Å²) in [5.41, 5.74) is 1.85. The maximum Gasteiger partial charge on any atom is 0.293 e. The van der Waals surface area contributed by atoms with Gasteiger partial charge < -0.3 is 9.73 Å². The van der Waals surface area contributed by atoms with E-state index in [1.54, 1.807) is 13.0 Å². The van der Waals surface area contributed by atoms with Crippen LogP contribution in [0.25, 0.3) is 11.0 Å². The second kappa shape index (κ2) is 6.70. The lowest BCUT2D eigenvalue weighted by Gasteiger charge is -2.08.